The Morgan fingerprint density at radius 2 is 2.00 bits per heavy atom. The number of carbonyl (C=O) groups excluding carboxylic acids is 2. The first kappa shape index (κ1) is 13.1. The maximum Gasteiger partial charge on any atom is 0.330 e. The molecule has 0 bridgehead atoms. The number of carboxylic acids is 1. The number of rotatable bonds is 4. The molecular weight excluding hydrogens is 248 g/mol. The number of hydrogen-bond donors (Lipinski definition) is 3. The van der Waals surface area contributed by atoms with E-state index in [9.17, 15) is 19.5 Å². The molecule has 1 aromatic rings. The molecule has 1 fully saturated rings. The highest BCUT2D eigenvalue weighted by Gasteiger charge is 2.31. The van der Waals surface area contributed by atoms with Gasteiger partial charge in [-0.1, -0.05) is 30.3 Å². The summed E-state index contributed by atoms with van der Waals surface area (Å²) in [5.41, 5.74) is 0.501. The van der Waals surface area contributed by atoms with E-state index in [1.54, 1.807) is 30.3 Å². The molecular formula is C13H14N2O4. The third-order valence-corrected chi connectivity index (χ3v) is 3.01. The number of carboxylic acid groups (broad SMARTS) is 1. The predicted molar refractivity (Wildman–Crippen MR) is 66.1 cm³/mol. The Kier molecular flexibility index (Phi) is 3.79. The molecule has 6 heteroatoms. The molecule has 6 nitrogen and oxygen atoms in total. The Morgan fingerprint density at radius 3 is 2.53 bits per heavy atom. The molecule has 2 rings (SSSR count). The van der Waals surface area contributed by atoms with Crippen molar-refractivity contribution >= 4 is 17.8 Å². The standard InChI is InChI=1S/C13H14N2O4/c16-10-6-9(7-14-10)12(17)15-11(13(18)19)8-4-2-1-3-5-8/h1-5,9,11H,6-7H2,(H,14,16)(H,15,17)(H,18,19)/t9?,11-/m1/s1. The van der Waals surface area contributed by atoms with E-state index in [0.717, 1.165) is 0 Å². The fraction of sp³-hybridized carbons (Fsp3) is 0.308. The number of aliphatic carboxylic acids is 1. The monoisotopic (exact) mass is 262 g/mol. The van der Waals surface area contributed by atoms with Crippen LogP contribution in [0.3, 0.4) is 0 Å². The largest absolute Gasteiger partial charge is 0.479 e. The van der Waals surface area contributed by atoms with Gasteiger partial charge in [0.15, 0.2) is 6.04 Å². The first-order valence-electron chi connectivity index (χ1n) is 5.92. The van der Waals surface area contributed by atoms with Crippen LogP contribution >= 0.6 is 0 Å². The van der Waals surface area contributed by atoms with Crippen LogP contribution in [0.2, 0.25) is 0 Å². The highest BCUT2D eigenvalue weighted by molar-refractivity contribution is 5.91. The van der Waals surface area contributed by atoms with E-state index in [4.69, 9.17) is 0 Å². The average Bonchev–Trinajstić information content (AvgIpc) is 2.83. The average molecular weight is 262 g/mol. The third kappa shape index (κ3) is 3.09. The van der Waals surface area contributed by atoms with Gasteiger partial charge in [0, 0.05) is 13.0 Å². The normalized spacial score (nSPS) is 19.6. The second kappa shape index (κ2) is 5.51. The molecule has 1 heterocycles. The summed E-state index contributed by atoms with van der Waals surface area (Å²) < 4.78 is 0. The van der Waals surface area contributed by atoms with Gasteiger partial charge in [0.2, 0.25) is 11.8 Å². The van der Waals surface area contributed by atoms with E-state index >= 15 is 0 Å². The zero-order chi connectivity index (χ0) is 13.8. The number of nitrogens with one attached hydrogen (secondary N) is 2. The second-order valence-corrected chi connectivity index (χ2v) is 4.40. The quantitative estimate of drug-likeness (QED) is 0.715. The summed E-state index contributed by atoms with van der Waals surface area (Å²) in [7, 11) is 0. The molecule has 2 atom stereocenters. The van der Waals surface area contributed by atoms with E-state index in [1.807, 2.05) is 0 Å². The Bertz CT molecular complexity index is 501. The Hall–Kier alpha value is -2.37. The van der Waals surface area contributed by atoms with Crippen LogP contribution in [0.25, 0.3) is 0 Å². The van der Waals surface area contributed by atoms with Gasteiger partial charge in [-0.25, -0.2) is 4.79 Å². The lowest BCUT2D eigenvalue weighted by Crippen LogP contribution is -2.38. The number of benzene rings is 1. The van der Waals surface area contributed by atoms with Crippen molar-refractivity contribution in [1.82, 2.24) is 10.6 Å². The molecule has 0 radical (unpaired) electrons. The molecule has 0 aromatic heterocycles. The van der Waals surface area contributed by atoms with E-state index in [2.05, 4.69) is 10.6 Å². The molecule has 1 saturated heterocycles. The van der Waals surface area contributed by atoms with Gasteiger partial charge in [-0.2, -0.15) is 0 Å². The van der Waals surface area contributed by atoms with Crippen molar-refractivity contribution in [3.63, 3.8) is 0 Å². The van der Waals surface area contributed by atoms with Crippen molar-refractivity contribution < 1.29 is 19.5 Å². The smallest absolute Gasteiger partial charge is 0.330 e. The summed E-state index contributed by atoms with van der Waals surface area (Å²) in [6.45, 7) is 0.256. The maximum atomic E-state index is 11.9. The SMILES string of the molecule is O=C1CC(C(=O)N[C@@H](C(=O)O)c2ccccc2)CN1. The minimum Gasteiger partial charge on any atom is -0.479 e. The van der Waals surface area contributed by atoms with Gasteiger partial charge < -0.3 is 15.7 Å². The lowest BCUT2D eigenvalue weighted by molar-refractivity contribution is -0.142. The van der Waals surface area contributed by atoms with E-state index < -0.39 is 23.8 Å². The first-order valence-corrected chi connectivity index (χ1v) is 5.92. The zero-order valence-corrected chi connectivity index (χ0v) is 10.1. The molecule has 19 heavy (non-hydrogen) atoms. The fourth-order valence-electron chi connectivity index (χ4n) is 1.98. The Labute approximate surface area is 109 Å². The van der Waals surface area contributed by atoms with Gasteiger partial charge in [-0.3, -0.25) is 9.59 Å². The van der Waals surface area contributed by atoms with Crippen LogP contribution in [0, 0.1) is 5.92 Å². The molecule has 1 aliphatic heterocycles. The summed E-state index contributed by atoms with van der Waals surface area (Å²) in [6, 6.07) is 7.36. The van der Waals surface area contributed by atoms with Crippen molar-refractivity contribution in [3.8, 4) is 0 Å². The first-order chi connectivity index (χ1) is 9.08. The van der Waals surface area contributed by atoms with Crippen molar-refractivity contribution in [2.45, 2.75) is 12.5 Å². The Morgan fingerprint density at radius 1 is 1.32 bits per heavy atom. The van der Waals surface area contributed by atoms with Crippen LogP contribution in [-0.4, -0.2) is 29.4 Å². The van der Waals surface area contributed by atoms with Gasteiger partial charge in [-0.05, 0) is 5.56 Å². The van der Waals surface area contributed by atoms with Crippen molar-refractivity contribution in [1.29, 1.82) is 0 Å². The lowest BCUT2D eigenvalue weighted by Gasteiger charge is -2.16. The van der Waals surface area contributed by atoms with E-state index in [0.29, 0.717) is 5.56 Å². The molecule has 1 aromatic carbocycles. The van der Waals surface area contributed by atoms with Crippen molar-refractivity contribution in [3.05, 3.63) is 35.9 Å². The fourth-order valence-corrected chi connectivity index (χ4v) is 1.98. The molecule has 1 unspecified atom stereocenters. The Balaban J connectivity index is 2.07. The molecule has 1 aliphatic rings. The van der Waals surface area contributed by atoms with Gasteiger partial charge in [-0.15, -0.1) is 0 Å². The van der Waals surface area contributed by atoms with Crippen LogP contribution in [0.4, 0.5) is 0 Å². The van der Waals surface area contributed by atoms with Crippen LogP contribution in [0.15, 0.2) is 30.3 Å². The van der Waals surface area contributed by atoms with Crippen LogP contribution < -0.4 is 10.6 Å². The van der Waals surface area contributed by atoms with Gasteiger partial charge in [0.1, 0.15) is 0 Å². The lowest BCUT2D eigenvalue weighted by atomic mass is 10.0. The van der Waals surface area contributed by atoms with Crippen LogP contribution in [-0.2, 0) is 14.4 Å². The van der Waals surface area contributed by atoms with Crippen LogP contribution in [0.5, 0.6) is 0 Å². The summed E-state index contributed by atoms with van der Waals surface area (Å²) in [4.78, 5) is 34.2. The summed E-state index contributed by atoms with van der Waals surface area (Å²) in [5.74, 6) is -2.24. The van der Waals surface area contributed by atoms with Crippen LogP contribution in [0.1, 0.15) is 18.0 Å². The molecule has 0 aliphatic carbocycles. The van der Waals surface area contributed by atoms with Crippen molar-refractivity contribution in [2.75, 3.05) is 6.54 Å². The van der Waals surface area contributed by atoms with E-state index in [-0.39, 0.29) is 18.9 Å². The predicted octanol–water partition coefficient (Wildman–Crippen LogP) is 0.0646. The molecule has 0 saturated carbocycles. The minimum atomic E-state index is -1.13. The second-order valence-electron chi connectivity index (χ2n) is 4.40. The topological polar surface area (TPSA) is 95.5 Å². The molecule has 100 valence electrons. The maximum absolute atomic E-state index is 11.9. The number of hydrogen-bond acceptors (Lipinski definition) is 3. The molecule has 3 N–H and O–H groups in total. The van der Waals surface area contributed by atoms with Gasteiger partial charge in [0.25, 0.3) is 0 Å². The minimum absolute atomic E-state index is 0.104. The summed E-state index contributed by atoms with van der Waals surface area (Å²) in [6.07, 6.45) is 0.104. The summed E-state index contributed by atoms with van der Waals surface area (Å²) >= 11 is 0. The van der Waals surface area contributed by atoms with E-state index in [1.165, 1.54) is 0 Å². The number of carbonyl (C=O) groups is 3. The molecule has 0 spiro atoms. The zero-order valence-electron chi connectivity index (χ0n) is 10.1. The number of amides is 2. The highest BCUT2D eigenvalue weighted by atomic mass is 16.4. The third-order valence-electron chi connectivity index (χ3n) is 3.01. The van der Waals surface area contributed by atoms with Gasteiger partial charge in [0.05, 0.1) is 5.92 Å². The van der Waals surface area contributed by atoms with Crippen molar-refractivity contribution in [2.24, 2.45) is 5.92 Å². The molecule has 2 amide bonds. The highest BCUT2D eigenvalue weighted by Crippen LogP contribution is 2.15. The summed E-state index contributed by atoms with van der Waals surface area (Å²) in [5, 5.41) is 14.2. The van der Waals surface area contributed by atoms with Gasteiger partial charge >= 0.3 is 5.97 Å².